The van der Waals surface area contributed by atoms with Crippen molar-refractivity contribution in [2.75, 3.05) is 5.32 Å². The summed E-state index contributed by atoms with van der Waals surface area (Å²) < 4.78 is 0. The van der Waals surface area contributed by atoms with Gasteiger partial charge in [-0.1, -0.05) is 12.1 Å². The average molecular weight is 384 g/mol. The van der Waals surface area contributed by atoms with Crippen LogP contribution in [0.4, 0.5) is 10.5 Å². The molecule has 0 saturated carbocycles. The number of hydrogen-bond acceptors (Lipinski definition) is 6. The normalized spacial score (nSPS) is 14.9. The molecular formula is C18H12N2O6S. The standard InChI is InChI=1S/C18H12N2O6S/c21-11-5-6-13(12(8-11)17(24)25)19-15(22)10-3-1-9(2-4-10)7-14-16(23)20-18(26)27-14/h1-8,21H,(H,19,22)(H,24,25)(H,20,23,26). The van der Waals surface area contributed by atoms with E-state index >= 15 is 0 Å². The largest absolute Gasteiger partial charge is 0.508 e. The van der Waals surface area contributed by atoms with E-state index in [0.29, 0.717) is 5.56 Å². The molecule has 8 nitrogen and oxygen atoms in total. The smallest absolute Gasteiger partial charge is 0.337 e. The third-order valence-corrected chi connectivity index (χ3v) is 4.41. The fraction of sp³-hybridized carbons (Fsp3) is 0. The lowest BCUT2D eigenvalue weighted by molar-refractivity contribution is -0.115. The van der Waals surface area contributed by atoms with Crippen LogP contribution in [0, 0.1) is 0 Å². The summed E-state index contributed by atoms with van der Waals surface area (Å²) in [5.74, 6) is -2.52. The molecule has 4 N–H and O–H groups in total. The van der Waals surface area contributed by atoms with E-state index in [1.54, 1.807) is 12.1 Å². The highest BCUT2D eigenvalue weighted by molar-refractivity contribution is 8.18. The second-order valence-electron chi connectivity index (χ2n) is 5.46. The van der Waals surface area contributed by atoms with Crippen molar-refractivity contribution in [1.82, 2.24) is 5.32 Å². The van der Waals surface area contributed by atoms with E-state index in [1.165, 1.54) is 30.3 Å². The highest BCUT2D eigenvalue weighted by Gasteiger charge is 2.24. The van der Waals surface area contributed by atoms with E-state index in [0.717, 1.165) is 17.8 Å². The molecule has 3 amide bonds. The topological polar surface area (TPSA) is 133 Å². The van der Waals surface area contributed by atoms with Crippen LogP contribution in [0.15, 0.2) is 47.4 Å². The molecule has 136 valence electrons. The Morgan fingerprint density at radius 1 is 1.07 bits per heavy atom. The molecule has 9 heteroatoms. The Balaban J connectivity index is 1.77. The maximum absolute atomic E-state index is 12.3. The summed E-state index contributed by atoms with van der Waals surface area (Å²) >= 11 is 0.792. The van der Waals surface area contributed by atoms with Gasteiger partial charge in [0.05, 0.1) is 16.2 Å². The summed E-state index contributed by atoms with van der Waals surface area (Å²) in [6, 6.07) is 9.79. The molecule has 3 rings (SSSR count). The molecule has 0 atom stereocenters. The van der Waals surface area contributed by atoms with Gasteiger partial charge in [-0.3, -0.25) is 19.7 Å². The Kier molecular flexibility index (Phi) is 4.95. The van der Waals surface area contributed by atoms with Crippen molar-refractivity contribution in [3.63, 3.8) is 0 Å². The first kappa shape index (κ1) is 18.2. The lowest BCUT2D eigenvalue weighted by Crippen LogP contribution is -2.17. The SMILES string of the molecule is O=C1NC(=O)C(=Cc2ccc(C(=O)Nc3ccc(O)cc3C(=O)O)cc2)S1. The zero-order valence-corrected chi connectivity index (χ0v) is 14.4. The third kappa shape index (κ3) is 4.15. The zero-order valence-electron chi connectivity index (χ0n) is 13.6. The average Bonchev–Trinajstić information content (AvgIpc) is 2.94. The molecule has 1 fully saturated rings. The highest BCUT2D eigenvalue weighted by Crippen LogP contribution is 2.26. The number of anilines is 1. The quantitative estimate of drug-likeness (QED) is 0.470. The molecule has 0 spiro atoms. The van der Waals surface area contributed by atoms with Crippen molar-refractivity contribution < 1.29 is 29.4 Å². The van der Waals surface area contributed by atoms with Crippen molar-refractivity contribution in [2.45, 2.75) is 0 Å². The van der Waals surface area contributed by atoms with Crippen LogP contribution in [0.1, 0.15) is 26.3 Å². The number of aromatic hydroxyl groups is 1. The second-order valence-corrected chi connectivity index (χ2v) is 6.48. The fourth-order valence-corrected chi connectivity index (χ4v) is 3.00. The van der Waals surface area contributed by atoms with Gasteiger partial charge in [0.1, 0.15) is 5.75 Å². The first-order valence-electron chi connectivity index (χ1n) is 7.56. The van der Waals surface area contributed by atoms with Gasteiger partial charge in [0, 0.05) is 5.56 Å². The van der Waals surface area contributed by atoms with E-state index in [2.05, 4.69) is 10.6 Å². The number of benzene rings is 2. The number of phenolic OH excluding ortho intramolecular Hbond substituents is 1. The molecule has 1 aliphatic rings. The minimum absolute atomic E-state index is 0.0500. The number of rotatable bonds is 4. The predicted octanol–water partition coefficient (Wildman–Crippen LogP) is 2.67. The fourth-order valence-electron chi connectivity index (χ4n) is 2.32. The van der Waals surface area contributed by atoms with Gasteiger partial charge in [-0.2, -0.15) is 0 Å². The molecular weight excluding hydrogens is 372 g/mol. The Labute approximate surface area is 156 Å². The van der Waals surface area contributed by atoms with Crippen LogP contribution in [0.3, 0.4) is 0 Å². The Hall–Kier alpha value is -3.59. The maximum Gasteiger partial charge on any atom is 0.337 e. The summed E-state index contributed by atoms with van der Waals surface area (Å²) in [6.45, 7) is 0. The third-order valence-electron chi connectivity index (χ3n) is 3.59. The monoisotopic (exact) mass is 384 g/mol. The number of hydrogen-bond donors (Lipinski definition) is 4. The number of aromatic carboxylic acids is 1. The first-order valence-corrected chi connectivity index (χ1v) is 8.38. The van der Waals surface area contributed by atoms with Gasteiger partial charge < -0.3 is 15.5 Å². The minimum Gasteiger partial charge on any atom is -0.508 e. The van der Waals surface area contributed by atoms with Crippen LogP contribution >= 0.6 is 11.8 Å². The molecule has 0 aromatic heterocycles. The maximum atomic E-state index is 12.3. The second kappa shape index (κ2) is 7.34. The lowest BCUT2D eigenvalue weighted by atomic mass is 10.1. The molecule has 0 unspecified atom stereocenters. The van der Waals surface area contributed by atoms with Crippen molar-refractivity contribution in [2.24, 2.45) is 0 Å². The molecule has 27 heavy (non-hydrogen) atoms. The van der Waals surface area contributed by atoms with E-state index in [4.69, 9.17) is 5.11 Å². The van der Waals surface area contributed by atoms with Gasteiger partial charge >= 0.3 is 5.97 Å². The molecule has 0 bridgehead atoms. The number of carbonyl (C=O) groups is 4. The first-order chi connectivity index (χ1) is 12.8. The van der Waals surface area contributed by atoms with Gasteiger partial charge in [0.25, 0.3) is 17.1 Å². The van der Waals surface area contributed by atoms with Crippen molar-refractivity contribution in [3.05, 3.63) is 64.1 Å². The zero-order chi connectivity index (χ0) is 19.6. The summed E-state index contributed by atoms with van der Waals surface area (Å²) in [6.07, 6.45) is 1.52. The summed E-state index contributed by atoms with van der Waals surface area (Å²) in [7, 11) is 0. The van der Waals surface area contributed by atoms with E-state index in [-0.39, 0.29) is 27.5 Å². The molecule has 1 heterocycles. The minimum atomic E-state index is -1.29. The summed E-state index contributed by atoms with van der Waals surface area (Å²) in [5, 5.41) is 22.7. The lowest BCUT2D eigenvalue weighted by Gasteiger charge is -2.09. The van der Waals surface area contributed by atoms with Gasteiger partial charge in [0.2, 0.25) is 0 Å². The van der Waals surface area contributed by atoms with Crippen LogP contribution in [0.5, 0.6) is 5.75 Å². The van der Waals surface area contributed by atoms with Crippen molar-refractivity contribution in [1.29, 1.82) is 0 Å². The van der Waals surface area contributed by atoms with Crippen LogP contribution in [0.2, 0.25) is 0 Å². The summed E-state index contributed by atoms with van der Waals surface area (Å²) in [5.41, 5.74) is 0.698. The Bertz CT molecular complexity index is 997. The van der Waals surface area contributed by atoms with Gasteiger partial charge in [0.15, 0.2) is 0 Å². The van der Waals surface area contributed by atoms with Crippen molar-refractivity contribution >= 4 is 46.5 Å². The number of carboxylic acid groups (broad SMARTS) is 1. The van der Waals surface area contributed by atoms with Crippen molar-refractivity contribution in [3.8, 4) is 5.75 Å². The van der Waals surface area contributed by atoms with Gasteiger partial charge in [-0.25, -0.2) is 4.79 Å². The van der Waals surface area contributed by atoms with E-state index in [1.807, 2.05) is 0 Å². The number of carbonyl (C=O) groups excluding carboxylic acids is 3. The number of carboxylic acids is 1. The molecule has 2 aromatic rings. The summed E-state index contributed by atoms with van der Waals surface area (Å²) in [4.78, 5) is 46.5. The van der Waals surface area contributed by atoms with E-state index < -0.39 is 23.0 Å². The Morgan fingerprint density at radius 3 is 2.37 bits per heavy atom. The van der Waals surface area contributed by atoms with Crippen LogP contribution in [-0.2, 0) is 4.79 Å². The molecule has 2 aromatic carbocycles. The number of nitrogens with one attached hydrogen (secondary N) is 2. The Morgan fingerprint density at radius 2 is 1.78 bits per heavy atom. The molecule has 1 saturated heterocycles. The number of phenols is 1. The van der Waals surface area contributed by atoms with Crippen LogP contribution < -0.4 is 10.6 Å². The number of imide groups is 1. The van der Waals surface area contributed by atoms with E-state index in [9.17, 15) is 24.3 Å². The van der Waals surface area contributed by atoms with Crippen LogP contribution in [0.25, 0.3) is 6.08 Å². The van der Waals surface area contributed by atoms with Gasteiger partial charge in [-0.05, 0) is 53.7 Å². The molecule has 0 radical (unpaired) electrons. The predicted molar refractivity (Wildman–Crippen MR) is 98.6 cm³/mol. The molecule has 0 aliphatic carbocycles. The number of amides is 3. The number of thioether (sulfide) groups is 1. The molecule has 1 aliphatic heterocycles. The highest BCUT2D eigenvalue weighted by atomic mass is 32.2. The van der Waals surface area contributed by atoms with Crippen LogP contribution in [-0.4, -0.2) is 33.2 Å². The van der Waals surface area contributed by atoms with Gasteiger partial charge in [-0.15, -0.1) is 0 Å².